The van der Waals surface area contributed by atoms with Crippen LogP contribution < -0.4 is 5.32 Å². The smallest absolute Gasteiger partial charge is 0.308 e. The van der Waals surface area contributed by atoms with Gasteiger partial charge in [0.1, 0.15) is 0 Å². The second-order valence-corrected chi connectivity index (χ2v) is 7.72. The lowest BCUT2D eigenvalue weighted by Crippen LogP contribution is -2.38. The summed E-state index contributed by atoms with van der Waals surface area (Å²) in [5, 5.41) is 14.0. The van der Waals surface area contributed by atoms with Gasteiger partial charge in [-0.2, -0.15) is 0 Å². The third-order valence-corrected chi connectivity index (χ3v) is 6.05. The molecule has 2 bridgehead atoms. The van der Waals surface area contributed by atoms with E-state index in [1.54, 1.807) is 5.38 Å². The van der Waals surface area contributed by atoms with Gasteiger partial charge < -0.3 is 10.4 Å². The standard InChI is InChI=1S/C18H17F2N3O3S/c19-12-3-1-9(5-13(12)20)14-8-27-18(21-14)22-16(24)7-23-10-2-4-15(23)11(6-10)17(25)26/h1,3,5,8,10-11,15H,2,4,6-7H2,(H,25,26)(H,21,22,24). The Morgan fingerprint density at radius 1 is 1.30 bits per heavy atom. The SMILES string of the molecule is O=C(CN1C2CCC1C(C(=O)O)C2)Nc1nc(-c2ccc(F)c(F)c2)cs1. The van der Waals surface area contributed by atoms with E-state index >= 15 is 0 Å². The van der Waals surface area contributed by atoms with E-state index in [4.69, 9.17) is 0 Å². The van der Waals surface area contributed by atoms with Crippen LogP contribution in [0.1, 0.15) is 19.3 Å². The first kappa shape index (κ1) is 18.0. The van der Waals surface area contributed by atoms with Gasteiger partial charge in [-0.3, -0.25) is 14.5 Å². The van der Waals surface area contributed by atoms with Crippen molar-refractivity contribution in [3.63, 3.8) is 0 Å². The highest BCUT2D eigenvalue weighted by Gasteiger charge is 2.49. The summed E-state index contributed by atoms with van der Waals surface area (Å²) in [6, 6.07) is 3.56. The molecule has 2 aliphatic rings. The molecule has 1 aromatic carbocycles. The third kappa shape index (κ3) is 3.44. The van der Waals surface area contributed by atoms with Gasteiger partial charge >= 0.3 is 5.97 Å². The number of carboxylic acid groups (broad SMARTS) is 1. The van der Waals surface area contributed by atoms with Gasteiger partial charge in [0.05, 0.1) is 18.2 Å². The number of rotatable bonds is 5. The minimum atomic E-state index is -0.955. The summed E-state index contributed by atoms with van der Waals surface area (Å²) in [4.78, 5) is 29.9. The molecular formula is C18H17F2N3O3S. The Hall–Kier alpha value is -2.39. The number of amides is 1. The van der Waals surface area contributed by atoms with Crippen molar-refractivity contribution in [1.29, 1.82) is 0 Å². The molecule has 3 atom stereocenters. The maximum Gasteiger partial charge on any atom is 0.308 e. The topological polar surface area (TPSA) is 82.5 Å². The van der Waals surface area contributed by atoms with Crippen LogP contribution in [0.2, 0.25) is 0 Å². The van der Waals surface area contributed by atoms with Crippen molar-refractivity contribution >= 4 is 28.3 Å². The molecule has 142 valence electrons. The Bertz CT molecular complexity index is 904. The molecule has 3 heterocycles. The molecule has 6 nitrogen and oxygen atoms in total. The van der Waals surface area contributed by atoms with Crippen molar-refractivity contribution in [2.45, 2.75) is 31.3 Å². The molecule has 27 heavy (non-hydrogen) atoms. The molecule has 0 aliphatic carbocycles. The molecule has 0 radical (unpaired) electrons. The number of aromatic nitrogens is 1. The Balaban J connectivity index is 1.40. The first-order chi connectivity index (χ1) is 12.9. The Morgan fingerprint density at radius 2 is 2.11 bits per heavy atom. The second kappa shape index (κ2) is 6.97. The predicted octanol–water partition coefficient (Wildman–Crippen LogP) is 2.96. The van der Waals surface area contributed by atoms with Gasteiger partial charge in [0.2, 0.25) is 5.91 Å². The van der Waals surface area contributed by atoms with Crippen molar-refractivity contribution in [1.82, 2.24) is 9.88 Å². The lowest BCUT2D eigenvalue weighted by Gasteiger charge is -2.21. The Kier molecular flexibility index (Phi) is 4.65. The number of carbonyl (C=O) groups excluding carboxylic acids is 1. The number of carbonyl (C=O) groups is 2. The molecular weight excluding hydrogens is 376 g/mol. The summed E-state index contributed by atoms with van der Waals surface area (Å²) < 4.78 is 26.4. The molecule has 1 aromatic heterocycles. The molecule has 9 heteroatoms. The number of anilines is 1. The van der Waals surface area contributed by atoms with Crippen LogP contribution in [0.3, 0.4) is 0 Å². The zero-order valence-electron chi connectivity index (χ0n) is 14.2. The highest BCUT2D eigenvalue weighted by atomic mass is 32.1. The summed E-state index contributed by atoms with van der Waals surface area (Å²) in [6.45, 7) is 0.124. The van der Waals surface area contributed by atoms with Crippen LogP contribution in [0.15, 0.2) is 23.6 Å². The lowest BCUT2D eigenvalue weighted by atomic mass is 9.89. The van der Waals surface area contributed by atoms with E-state index in [0.717, 1.165) is 25.0 Å². The number of carboxylic acids is 1. The number of hydrogen-bond donors (Lipinski definition) is 2. The van der Waals surface area contributed by atoms with E-state index in [0.29, 0.717) is 22.8 Å². The number of hydrogen-bond acceptors (Lipinski definition) is 5. The van der Waals surface area contributed by atoms with Crippen LogP contribution >= 0.6 is 11.3 Å². The zero-order chi connectivity index (χ0) is 19.1. The molecule has 2 saturated heterocycles. The van der Waals surface area contributed by atoms with Gasteiger partial charge in [-0.1, -0.05) is 0 Å². The summed E-state index contributed by atoms with van der Waals surface area (Å²) in [5.41, 5.74) is 0.869. The first-order valence-electron chi connectivity index (χ1n) is 8.61. The molecule has 0 saturated carbocycles. The maximum absolute atomic E-state index is 13.4. The number of nitrogens with one attached hydrogen (secondary N) is 1. The van der Waals surface area contributed by atoms with Crippen molar-refractivity contribution < 1.29 is 23.5 Å². The van der Waals surface area contributed by atoms with Crippen molar-refractivity contribution in [3.05, 3.63) is 35.2 Å². The first-order valence-corrected chi connectivity index (χ1v) is 9.49. The van der Waals surface area contributed by atoms with Crippen molar-refractivity contribution in [2.75, 3.05) is 11.9 Å². The van der Waals surface area contributed by atoms with Gasteiger partial charge in [0.25, 0.3) is 0 Å². The summed E-state index contributed by atoms with van der Waals surface area (Å²) in [5.74, 6) is -3.35. The van der Waals surface area contributed by atoms with Gasteiger partial charge in [-0.25, -0.2) is 13.8 Å². The van der Waals surface area contributed by atoms with E-state index < -0.39 is 23.5 Å². The van der Waals surface area contributed by atoms with Crippen LogP contribution in [-0.2, 0) is 9.59 Å². The average molecular weight is 393 g/mol. The number of aliphatic carboxylic acids is 1. The highest BCUT2D eigenvalue weighted by Crippen LogP contribution is 2.41. The normalized spacial score (nSPS) is 24.3. The number of thiazole rings is 1. The van der Waals surface area contributed by atoms with Crippen LogP contribution in [-0.4, -0.2) is 45.5 Å². The maximum atomic E-state index is 13.4. The fourth-order valence-electron chi connectivity index (χ4n) is 4.06. The Morgan fingerprint density at radius 3 is 2.81 bits per heavy atom. The minimum absolute atomic E-state index is 0.0905. The summed E-state index contributed by atoms with van der Waals surface area (Å²) >= 11 is 1.19. The largest absolute Gasteiger partial charge is 0.481 e. The number of halogens is 2. The molecule has 1 amide bonds. The number of fused-ring (bicyclic) bond motifs is 2. The Labute approximate surface area is 157 Å². The minimum Gasteiger partial charge on any atom is -0.481 e. The fourth-order valence-corrected chi connectivity index (χ4v) is 4.79. The monoisotopic (exact) mass is 393 g/mol. The molecule has 2 fully saturated rings. The van der Waals surface area contributed by atoms with Crippen LogP contribution in [0.5, 0.6) is 0 Å². The molecule has 0 spiro atoms. The van der Waals surface area contributed by atoms with E-state index in [-0.39, 0.29) is 24.5 Å². The van der Waals surface area contributed by atoms with Gasteiger partial charge in [-0.15, -0.1) is 11.3 Å². The van der Waals surface area contributed by atoms with Crippen molar-refractivity contribution in [3.8, 4) is 11.3 Å². The molecule has 4 rings (SSSR count). The van der Waals surface area contributed by atoms with E-state index in [1.165, 1.54) is 17.4 Å². The van der Waals surface area contributed by atoms with Crippen LogP contribution in [0.25, 0.3) is 11.3 Å². The van der Waals surface area contributed by atoms with E-state index in [2.05, 4.69) is 10.3 Å². The van der Waals surface area contributed by atoms with Gasteiger partial charge in [-0.05, 0) is 37.5 Å². The predicted molar refractivity (Wildman–Crippen MR) is 95.4 cm³/mol. The van der Waals surface area contributed by atoms with Gasteiger partial charge in [0.15, 0.2) is 16.8 Å². The third-order valence-electron chi connectivity index (χ3n) is 5.29. The second-order valence-electron chi connectivity index (χ2n) is 6.87. The van der Waals surface area contributed by atoms with Crippen LogP contribution in [0.4, 0.5) is 13.9 Å². The van der Waals surface area contributed by atoms with Crippen molar-refractivity contribution in [2.24, 2.45) is 5.92 Å². The molecule has 2 N–H and O–H groups in total. The molecule has 3 unspecified atom stereocenters. The summed E-state index contributed by atoms with van der Waals surface area (Å²) in [7, 11) is 0. The van der Waals surface area contributed by atoms with Gasteiger partial charge in [0, 0.05) is 23.0 Å². The number of nitrogens with zero attached hydrogens (tertiary/aromatic N) is 2. The molecule has 2 aromatic rings. The lowest BCUT2D eigenvalue weighted by molar-refractivity contribution is -0.142. The van der Waals surface area contributed by atoms with E-state index in [1.807, 2.05) is 4.90 Å². The quantitative estimate of drug-likeness (QED) is 0.816. The van der Waals surface area contributed by atoms with Crippen LogP contribution in [0, 0.1) is 17.6 Å². The highest BCUT2D eigenvalue weighted by molar-refractivity contribution is 7.14. The molecule has 2 aliphatic heterocycles. The van der Waals surface area contributed by atoms with E-state index in [9.17, 15) is 23.5 Å². The number of benzene rings is 1. The average Bonchev–Trinajstić information content (AvgIpc) is 3.33. The zero-order valence-corrected chi connectivity index (χ0v) is 15.0. The fraction of sp³-hybridized carbons (Fsp3) is 0.389. The summed E-state index contributed by atoms with van der Waals surface area (Å²) in [6.07, 6.45) is 2.30.